The summed E-state index contributed by atoms with van der Waals surface area (Å²) in [6.07, 6.45) is 2.34. The molecule has 0 spiro atoms. The fourth-order valence-electron chi connectivity index (χ4n) is 2.62. The molecule has 0 atom stereocenters. The van der Waals surface area contributed by atoms with Crippen LogP contribution in [0, 0.1) is 13.8 Å². The number of halogens is 1. The van der Waals surface area contributed by atoms with Gasteiger partial charge in [-0.25, -0.2) is 4.79 Å². The Labute approximate surface area is 161 Å². The molecule has 2 aromatic heterocycles. The number of hydrogen-bond acceptors (Lipinski definition) is 5. The van der Waals surface area contributed by atoms with Gasteiger partial charge in [0.1, 0.15) is 11.3 Å². The number of nitrogens with zero attached hydrogens (tertiary/aromatic N) is 1. The van der Waals surface area contributed by atoms with Crippen LogP contribution >= 0.6 is 11.6 Å². The van der Waals surface area contributed by atoms with Crippen molar-refractivity contribution >= 4 is 28.5 Å². The molecule has 0 fully saturated rings. The minimum atomic E-state index is -0.402. The van der Waals surface area contributed by atoms with Crippen LogP contribution in [-0.4, -0.2) is 24.0 Å². The molecule has 0 aliphatic carbocycles. The first-order chi connectivity index (χ1) is 13.0. The fourth-order valence-corrected chi connectivity index (χ4v) is 2.84. The highest BCUT2D eigenvalue weighted by molar-refractivity contribution is 6.32. The standard InChI is InChI=1S/C20H19ClN2O4/c1-12-13(2)20(25)27-17-10-18(16(21)9-15(12)17)26-11-19(24)23-8-6-14-5-3-4-7-22-14/h3-5,7,9-10H,6,8,11H2,1-2H3,(H,23,24). The highest BCUT2D eigenvalue weighted by atomic mass is 35.5. The molecule has 3 rings (SSSR count). The maximum atomic E-state index is 12.0. The number of rotatable bonds is 6. The van der Waals surface area contributed by atoms with Crippen molar-refractivity contribution in [3.05, 3.63) is 68.8 Å². The van der Waals surface area contributed by atoms with Crippen molar-refractivity contribution in [2.75, 3.05) is 13.2 Å². The molecule has 0 radical (unpaired) electrons. The summed E-state index contributed by atoms with van der Waals surface area (Å²) in [5, 5.41) is 3.85. The molecule has 6 nitrogen and oxygen atoms in total. The Morgan fingerprint density at radius 2 is 2.07 bits per heavy atom. The number of carbonyl (C=O) groups is 1. The smallest absolute Gasteiger partial charge is 0.339 e. The zero-order valence-corrected chi connectivity index (χ0v) is 15.8. The summed E-state index contributed by atoms with van der Waals surface area (Å²) >= 11 is 6.25. The molecule has 0 unspecified atom stereocenters. The number of aryl methyl sites for hydroxylation is 1. The van der Waals surface area contributed by atoms with Crippen LogP contribution in [0.25, 0.3) is 11.0 Å². The van der Waals surface area contributed by atoms with Crippen LogP contribution < -0.4 is 15.7 Å². The predicted molar refractivity (Wildman–Crippen MR) is 103 cm³/mol. The van der Waals surface area contributed by atoms with E-state index in [1.165, 1.54) is 6.07 Å². The molecular weight excluding hydrogens is 368 g/mol. The highest BCUT2D eigenvalue weighted by Crippen LogP contribution is 2.31. The number of hydrogen-bond donors (Lipinski definition) is 1. The van der Waals surface area contributed by atoms with Gasteiger partial charge in [0.25, 0.3) is 5.91 Å². The third kappa shape index (κ3) is 4.46. The monoisotopic (exact) mass is 386 g/mol. The normalized spacial score (nSPS) is 10.8. The molecule has 0 aliphatic rings. The van der Waals surface area contributed by atoms with Gasteiger partial charge in [0.15, 0.2) is 6.61 Å². The van der Waals surface area contributed by atoms with Gasteiger partial charge in [-0.15, -0.1) is 0 Å². The number of pyridine rings is 1. The van der Waals surface area contributed by atoms with Crippen molar-refractivity contribution < 1.29 is 13.9 Å². The summed E-state index contributed by atoms with van der Waals surface area (Å²) in [4.78, 5) is 28.0. The Bertz CT molecular complexity index is 1030. The largest absolute Gasteiger partial charge is 0.482 e. The Kier molecular flexibility index (Phi) is 5.76. The number of carbonyl (C=O) groups excluding carboxylic acids is 1. The summed E-state index contributed by atoms with van der Waals surface area (Å²) in [7, 11) is 0. The van der Waals surface area contributed by atoms with E-state index in [4.69, 9.17) is 20.8 Å². The molecule has 1 N–H and O–H groups in total. The van der Waals surface area contributed by atoms with Gasteiger partial charge < -0.3 is 14.5 Å². The van der Waals surface area contributed by atoms with E-state index < -0.39 is 5.63 Å². The second-order valence-electron chi connectivity index (χ2n) is 6.13. The van der Waals surface area contributed by atoms with E-state index in [1.54, 1.807) is 19.2 Å². The van der Waals surface area contributed by atoms with Gasteiger partial charge >= 0.3 is 5.63 Å². The minimum absolute atomic E-state index is 0.192. The van der Waals surface area contributed by atoms with Crippen LogP contribution in [-0.2, 0) is 11.2 Å². The lowest BCUT2D eigenvalue weighted by Gasteiger charge is -2.11. The van der Waals surface area contributed by atoms with E-state index in [1.807, 2.05) is 25.1 Å². The van der Waals surface area contributed by atoms with Crippen molar-refractivity contribution in [1.82, 2.24) is 10.3 Å². The molecule has 3 aromatic rings. The van der Waals surface area contributed by atoms with Gasteiger partial charge in [-0.2, -0.15) is 0 Å². The molecule has 7 heteroatoms. The minimum Gasteiger partial charge on any atom is -0.482 e. The van der Waals surface area contributed by atoms with E-state index in [0.29, 0.717) is 29.1 Å². The Morgan fingerprint density at radius 3 is 2.81 bits per heavy atom. The Balaban J connectivity index is 1.62. The van der Waals surface area contributed by atoms with Gasteiger partial charge in [-0.1, -0.05) is 17.7 Å². The molecule has 0 saturated heterocycles. The number of ether oxygens (including phenoxy) is 1. The maximum Gasteiger partial charge on any atom is 0.339 e. The SMILES string of the molecule is Cc1c(C)c2cc(Cl)c(OCC(=O)NCCc3ccccn3)cc2oc1=O. The zero-order chi connectivity index (χ0) is 19.4. The number of nitrogens with one attached hydrogen (secondary N) is 1. The molecule has 0 saturated carbocycles. The van der Waals surface area contributed by atoms with Crippen molar-refractivity contribution in [1.29, 1.82) is 0 Å². The second kappa shape index (κ2) is 8.22. The zero-order valence-electron chi connectivity index (χ0n) is 15.0. The average Bonchev–Trinajstić information content (AvgIpc) is 2.66. The van der Waals surface area contributed by atoms with E-state index in [-0.39, 0.29) is 18.3 Å². The summed E-state index contributed by atoms with van der Waals surface area (Å²) in [5.74, 6) is 0.0130. The van der Waals surface area contributed by atoms with Gasteiger partial charge in [0.2, 0.25) is 0 Å². The lowest BCUT2D eigenvalue weighted by molar-refractivity contribution is -0.123. The van der Waals surface area contributed by atoms with Crippen LogP contribution in [0.2, 0.25) is 5.02 Å². The molecule has 0 aliphatic heterocycles. The molecule has 140 valence electrons. The topological polar surface area (TPSA) is 81.4 Å². The molecule has 0 bridgehead atoms. The maximum absolute atomic E-state index is 12.0. The average molecular weight is 387 g/mol. The first-order valence-corrected chi connectivity index (χ1v) is 8.86. The Hall–Kier alpha value is -2.86. The summed E-state index contributed by atoms with van der Waals surface area (Å²) in [5.41, 5.74) is 2.22. The van der Waals surface area contributed by atoms with E-state index in [2.05, 4.69) is 10.3 Å². The van der Waals surface area contributed by atoms with Crippen molar-refractivity contribution in [2.24, 2.45) is 0 Å². The van der Waals surface area contributed by atoms with Gasteiger partial charge in [0, 0.05) is 41.9 Å². The van der Waals surface area contributed by atoms with E-state index in [9.17, 15) is 9.59 Å². The molecule has 27 heavy (non-hydrogen) atoms. The van der Waals surface area contributed by atoms with Gasteiger partial charge in [0.05, 0.1) is 5.02 Å². The number of aromatic nitrogens is 1. The third-order valence-electron chi connectivity index (χ3n) is 4.30. The number of benzene rings is 1. The Morgan fingerprint density at radius 1 is 1.26 bits per heavy atom. The van der Waals surface area contributed by atoms with Crippen molar-refractivity contribution in [3.63, 3.8) is 0 Å². The summed E-state index contributed by atoms with van der Waals surface area (Å²) in [6.45, 7) is 3.80. The van der Waals surface area contributed by atoms with Gasteiger partial charge in [-0.3, -0.25) is 9.78 Å². The lowest BCUT2D eigenvalue weighted by Crippen LogP contribution is -2.30. The summed E-state index contributed by atoms with van der Waals surface area (Å²) in [6, 6.07) is 8.85. The van der Waals surface area contributed by atoms with Gasteiger partial charge in [-0.05, 0) is 37.6 Å². The van der Waals surface area contributed by atoms with E-state index in [0.717, 1.165) is 16.6 Å². The molecule has 1 aromatic carbocycles. The van der Waals surface area contributed by atoms with Crippen LogP contribution in [0.3, 0.4) is 0 Å². The number of amides is 1. The van der Waals surface area contributed by atoms with E-state index >= 15 is 0 Å². The van der Waals surface area contributed by atoms with Crippen LogP contribution in [0.1, 0.15) is 16.8 Å². The lowest BCUT2D eigenvalue weighted by atomic mass is 10.1. The number of fused-ring (bicyclic) bond motifs is 1. The van der Waals surface area contributed by atoms with Crippen molar-refractivity contribution in [2.45, 2.75) is 20.3 Å². The summed E-state index contributed by atoms with van der Waals surface area (Å²) < 4.78 is 10.8. The molecular formula is C20H19ClN2O4. The van der Waals surface area contributed by atoms with Crippen LogP contribution in [0.5, 0.6) is 5.75 Å². The quantitative estimate of drug-likeness (QED) is 0.658. The van der Waals surface area contributed by atoms with Crippen LogP contribution in [0.15, 0.2) is 45.7 Å². The third-order valence-corrected chi connectivity index (χ3v) is 4.59. The predicted octanol–water partition coefficient (Wildman–Crippen LogP) is 3.20. The highest BCUT2D eigenvalue weighted by Gasteiger charge is 2.13. The van der Waals surface area contributed by atoms with Crippen molar-refractivity contribution in [3.8, 4) is 5.75 Å². The first kappa shape index (κ1) is 18.9. The fraction of sp³-hybridized carbons (Fsp3) is 0.250. The first-order valence-electron chi connectivity index (χ1n) is 8.48. The van der Waals surface area contributed by atoms with Crippen LogP contribution in [0.4, 0.5) is 0 Å². The molecule has 2 heterocycles. The second-order valence-corrected chi connectivity index (χ2v) is 6.54. The molecule has 1 amide bonds.